The number of hydrogen-bond acceptors (Lipinski definition) is 1. The summed E-state index contributed by atoms with van der Waals surface area (Å²) in [5.41, 5.74) is 3.53. The van der Waals surface area contributed by atoms with E-state index in [0.29, 0.717) is 0 Å². The fourth-order valence-corrected chi connectivity index (χ4v) is 1.84. The zero-order valence-corrected chi connectivity index (χ0v) is 8.93. The van der Waals surface area contributed by atoms with Gasteiger partial charge in [-0.05, 0) is 25.2 Å². The second-order valence-electron chi connectivity index (χ2n) is 3.03. The molecule has 1 N–H and O–H groups in total. The minimum atomic E-state index is 1.11. The van der Waals surface area contributed by atoms with Gasteiger partial charge in [-0.2, -0.15) is 0 Å². The second kappa shape index (κ2) is 3.38. The Kier molecular flexibility index (Phi) is 2.23. The molecule has 0 radical (unpaired) electrons. The third-order valence-electron chi connectivity index (χ3n) is 2.00. The monoisotopic (exact) mass is 235 g/mol. The molecule has 13 heavy (non-hydrogen) atoms. The molecule has 0 aromatic rings. The Labute approximate surface area is 86.3 Å². The normalized spacial score (nSPS) is 20.2. The van der Waals surface area contributed by atoms with Gasteiger partial charge in [-0.25, -0.2) is 0 Å². The van der Waals surface area contributed by atoms with Gasteiger partial charge in [0.15, 0.2) is 0 Å². The highest BCUT2D eigenvalue weighted by Gasteiger charge is 2.11. The van der Waals surface area contributed by atoms with E-state index in [0.717, 1.165) is 10.2 Å². The van der Waals surface area contributed by atoms with Crippen molar-refractivity contribution < 1.29 is 0 Å². The van der Waals surface area contributed by atoms with E-state index < -0.39 is 0 Å². The van der Waals surface area contributed by atoms with Crippen molar-refractivity contribution >= 4 is 15.9 Å². The largest absolute Gasteiger partial charge is 0.359 e. The lowest BCUT2D eigenvalue weighted by atomic mass is 10.1. The van der Waals surface area contributed by atoms with Gasteiger partial charge < -0.3 is 5.32 Å². The van der Waals surface area contributed by atoms with Gasteiger partial charge in [0, 0.05) is 21.4 Å². The van der Waals surface area contributed by atoms with Gasteiger partial charge >= 0.3 is 0 Å². The standard InChI is InChI=1S/C11H10BrN/c1-8-6-7-9-10(12)4-2-3-5-11(9)13-8/h2-7,13H,1H3. The molecule has 2 heteroatoms. The van der Waals surface area contributed by atoms with E-state index in [4.69, 9.17) is 0 Å². The molecule has 1 heterocycles. The van der Waals surface area contributed by atoms with Crippen molar-refractivity contribution in [3.05, 3.63) is 57.9 Å². The first-order valence-corrected chi connectivity index (χ1v) is 4.97. The number of nitrogens with one attached hydrogen (secondary N) is 1. The molecule has 0 aromatic carbocycles. The predicted molar refractivity (Wildman–Crippen MR) is 59.2 cm³/mol. The van der Waals surface area contributed by atoms with E-state index in [9.17, 15) is 0 Å². The van der Waals surface area contributed by atoms with Crippen molar-refractivity contribution in [1.82, 2.24) is 5.32 Å². The van der Waals surface area contributed by atoms with E-state index in [1.54, 1.807) is 0 Å². The van der Waals surface area contributed by atoms with Crippen LogP contribution in [0, 0.1) is 0 Å². The highest BCUT2D eigenvalue weighted by Crippen LogP contribution is 2.28. The van der Waals surface area contributed by atoms with Crippen molar-refractivity contribution in [2.45, 2.75) is 6.92 Å². The second-order valence-corrected chi connectivity index (χ2v) is 3.89. The average Bonchev–Trinajstić information content (AvgIpc) is 2.28. The van der Waals surface area contributed by atoms with E-state index >= 15 is 0 Å². The first-order chi connectivity index (χ1) is 6.27. The summed E-state index contributed by atoms with van der Waals surface area (Å²) in [5.74, 6) is 0. The van der Waals surface area contributed by atoms with Crippen LogP contribution in [-0.4, -0.2) is 0 Å². The quantitative estimate of drug-likeness (QED) is 0.681. The van der Waals surface area contributed by atoms with Crippen LogP contribution in [-0.2, 0) is 0 Å². The molecular weight excluding hydrogens is 226 g/mol. The van der Waals surface area contributed by atoms with Crippen molar-refractivity contribution in [1.29, 1.82) is 0 Å². The van der Waals surface area contributed by atoms with Crippen LogP contribution in [0.2, 0.25) is 0 Å². The van der Waals surface area contributed by atoms with E-state index in [1.165, 1.54) is 11.3 Å². The number of rotatable bonds is 0. The maximum atomic E-state index is 3.53. The summed E-state index contributed by atoms with van der Waals surface area (Å²) in [5, 5.41) is 3.32. The zero-order valence-electron chi connectivity index (χ0n) is 7.34. The van der Waals surface area contributed by atoms with Gasteiger partial charge in [-0.1, -0.05) is 34.2 Å². The number of hydrogen-bond donors (Lipinski definition) is 1. The lowest BCUT2D eigenvalue weighted by molar-refractivity contribution is 0.971. The fourth-order valence-electron chi connectivity index (χ4n) is 1.34. The lowest BCUT2D eigenvalue weighted by Crippen LogP contribution is -2.15. The minimum absolute atomic E-state index is 1.11. The van der Waals surface area contributed by atoms with Crippen molar-refractivity contribution in [3.8, 4) is 0 Å². The molecule has 66 valence electrons. The van der Waals surface area contributed by atoms with Crippen LogP contribution in [0.5, 0.6) is 0 Å². The third-order valence-corrected chi connectivity index (χ3v) is 2.69. The number of halogens is 1. The van der Waals surface area contributed by atoms with Crippen LogP contribution >= 0.6 is 15.9 Å². The highest BCUT2D eigenvalue weighted by molar-refractivity contribution is 9.12. The van der Waals surface area contributed by atoms with Gasteiger partial charge in [0.1, 0.15) is 0 Å². The smallest absolute Gasteiger partial charge is 0.0466 e. The Morgan fingerprint density at radius 3 is 2.69 bits per heavy atom. The third kappa shape index (κ3) is 1.68. The van der Waals surface area contributed by atoms with Crippen molar-refractivity contribution in [2.24, 2.45) is 0 Å². The maximum absolute atomic E-state index is 3.53. The van der Waals surface area contributed by atoms with Gasteiger partial charge in [-0.3, -0.25) is 0 Å². The minimum Gasteiger partial charge on any atom is -0.359 e. The molecule has 1 aliphatic carbocycles. The molecule has 0 bridgehead atoms. The molecule has 2 aliphatic rings. The summed E-state index contributed by atoms with van der Waals surface area (Å²) < 4.78 is 1.11. The predicted octanol–water partition coefficient (Wildman–Crippen LogP) is 3.15. The summed E-state index contributed by atoms with van der Waals surface area (Å²) in [7, 11) is 0. The summed E-state index contributed by atoms with van der Waals surface area (Å²) in [6.45, 7) is 2.06. The zero-order chi connectivity index (χ0) is 9.26. The molecule has 1 nitrogen and oxygen atoms in total. The Morgan fingerprint density at radius 1 is 1.08 bits per heavy atom. The fraction of sp³-hybridized carbons (Fsp3) is 0.0909. The van der Waals surface area contributed by atoms with E-state index in [2.05, 4.69) is 46.4 Å². The van der Waals surface area contributed by atoms with Crippen LogP contribution in [0.1, 0.15) is 6.92 Å². The molecule has 0 fully saturated rings. The molecular formula is C11H10BrN. The van der Waals surface area contributed by atoms with Crippen molar-refractivity contribution in [3.63, 3.8) is 0 Å². The van der Waals surface area contributed by atoms with Crippen LogP contribution in [0.15, 0.2) is 57.9 Å². The molecule has 1 aliphatic heterocycles. The van der Waals surface area contributed by atoms with E-state index in [-0.39, 0.29) is 0 Å². The average molecular weight is 236 g/mol. The summed E-state index contributed by atoms with van der Waals surface area (Å²) in [6, 6.07) is 0. The SMILES string of the molecule is CC1=CC=C2C(Br)=CC=CC=C2N1. The first kappa shape index (κ1) is 8.57. The first-order valence-electron chi connectivity index (χ1n) is 4.18. The molecule has 0 saturated carbocycles. The van der Waals surface area contributed by atoms with Crippen LogP contribution in [0.4, 0.5) is 0 Å². The molecule has 0 unspecified atom stereocenters. The molecule has 0 amide bonds. The van der Waals surface area contributed by atoms with Crippen molar-refractivity contribution in [2.75, 3.05) is 0 Å². The summed E-state index contributed by atoms with van der Waals surface area (Å²) >= 11 is 3.53. The molecule has 0 atom stereocenters. The molecule has 0 saturated heterocycles. The molecule has 0 spiro atoms. The highest BCUT2D eigenvalue weighted by atomic mass is 79.9. The van der Waals surface area contributed by atoms with Gasteiger partial charge in [0.2, 0.25) is 0 Å². The summed E-state index contributed by atoms with van der Waals surface area (Å²) in [4.78, 5) is 0. The van der Waals surface area contributed by atoms with Crippen LogP contribution < -0.4 is 5.32 Å². The van der Waals surface area contributed by atoms with Gasteiger partial charge in [0.25, 0.3) is 0 Å². The molecule has 0 aromatic heterocycles. The van der Waals surface area contributed by atoms with Gasteiger partial charge in [-0.15, -0.1) is 0 Å². The van der Waals surface area contributed by atoms with Crippen LogP contribution in [0.25, 0.3) is 0 Å². The Balaban J connectivity index is 2.49. The number of allylic oxidation sites excluding steroid dienone is 8. The summed E-state index contributed by atoms with van der Waals surface area (Å²) in [6.07, 6.45) is 12.4. The molecule has 2 rings (SSSR count). The maximum Gasteiger partial charge on any atom is 0.0466 e. The van der Waals surface area contributed by atoms with Gasteiger partial charge in [0.05, 0.1) is 0 Å². The Morgan fingerprint density at radius 2 is 1.85 bits per heavy atom. The Hall–Kier alpha value is -1.02. The Bertz CT molecular complexity index is 381. The number of fused-ring (bicyclic) bond motifs is 1. The van der Waals surface area contributed by atoms with Crippen LogP contribution in [0.3, 0.4) is 0 Å². The number of dihydropyridines is 1. The van der Waals surface area contributed by atoms with E-state index in [1.807, 2.05) is 18.2 Å². The topological polar surface area (TPSA) is 12.0 Å². The lowest BCUT2D eigenvalue weighted by Gasteiger charge is -2.17.